The summed E-state index contributed by atoms with van der Waals surface area (Å²) < 4.78 is 0. The van der Waals surface area contributed by atoms with Gasteiger partial charge >= 0.3 is 0 Å². The van der Waals surface area contributed by atoms with Crippen LogP contribution in [0.4, 0.5) is 0 Å². The van der Waals surface area contributed by atoms with Gasteiger partial charge in [-0.15, -0.1) is 0 Å². The molecule has 0 saturated carbocycles. The number of nitrogens with zero attached hydrogens (tertiary/aromatic N) is 2. The van der Waals surface area contributed by atoms with Crippen molar-refractivity contribution in [1.29, 1.82) is 0 Å². The molecule has 0 spiro atoms. The quantitative estimate of drug-likeness (QED) is 0.602. The van der Waals surface area contributed by atoms with Gasteiger partial charge in [-0.3, -0.25) is 14.7 Å². The topological polar surface area (TPSA) is 52.9 Å². The molecule has 0 aromatic carbocycles. The zero-order valence-corrected chi connectivity index (χ0v) is 6.95. The minimum absolute atomic E-state index is 0.833. The van der Waals surface area contributed by atoms with Gasteiger partial charge in [-0.05, 0) is 6.54 Å². The highest BCUT2D eigenvalue weighted by Crippen LogP contribution is 1.90. The standard InChI is InChI=1S/C5H10N2.C2H4O2/c1-2-7-4-3-6-5-7;1-2(3)4/h3H,2,4-5H2,1H3;1H3,(H,3,4). The zero-order valence-electron chi connectivity index (χ0n) is 6.95. The molecule has 1 aliphatic rings. The molecule has 0 unspecified atom stereocenters. The summed E-state index contributed by atoms with van der Waals surface area (Å²) in [4.78, 5) is 15.3. The Labute approximate surface area is 66.5 Å². The highest BCUT2D eigenvalue weighted by Gasteiger charge is 2.00. The van der Waals surface area contributed by atoms with E-state index in [-0.39, 0.29) is 0 Å². The third-order valence-electron chi connectivity index (χ3n) is 1.20. The second-order valence-electron chi connectivity index (χ2n) is 2.20. The predicted molar refractivity (Wildman–Crippen MR) is 43.9 cm³/mol. The van der Waals surface area contributed by atoms with Crippen molar-refractivity contribution in [2.45, 2.75) is 13.8 Å². The van der Waals surface area contributed by atoms with Crippen LogP contribution in [0.2, 0.25) is 0 Å². The minimum Gasteiger partial charge on any atom is -0.481 e. The number of hydrogen-bond acceptors (Lipinski definition) is 3. The van der Waals surface area contributed by atoms with E-state index < -0.39 is 5.97 Å². The van der Waals surface area contributed by atoms with Crippen LogP contribution in [-0.2, 0) is 4.79 Å². The summed E-state index contributed by atoms with van der Waals surface area (Å²) in [5.41, 5.74) is 0. The molecule has 0 aliphatic carbocycles. The first-order valence-corrected chi connectivity index (χ1v) is 3.57. The second-order valence-corrected chi connectivity index (χ2v) is 2.20. The SMILES string of the molecule is CC(=O)O.CCN1CC=NC1. The van der Waals surface area contributed by atoms with Crippen LogP contribution in [0.25, 0.3) is 0 Å². The number of carboxylic acids is 1. The average Bonchev–Trinajstić information content (AvgIpc) is 2.36. The van der Waals surface area contributed by atoms with E-state index in [1.165, 1.54) is 0 Å². The van der Waals surface area contributed by atoms with Crippen molar-refractivity contribution in [2.24, 2.45) is 4.99 Å². The third-order valence-corrected chi connectivity index (χ3v) is 1.20. The molecule has 1 rings (SSSR count). The number of aliphatic imine (C=N–C) groups is 1. The van der Waals surface area contributed by atoms with E-state index in [0.29, 0.717) is 0 Å². The van der Waals surface area contributed by atoms with Crippen molar-refractivity contribution in [3.63, 3.8) is 0 Å². The predicted octanol–water partition coefficient (Wildman–Crippen LogP) is 0.441. The maximum Gasteiger partial charge on any atom is 0.300 e. The maximum absolute atomic E-state index is 9.00. The molecule has 0 bridgehead atoms. The van der Waals surface area contributed by atoms with Crippen LogP contribution >= 0.6 is 0 Å². The van der Waals surface area contributed by atoms with Gasteiger partial charge in [-0.25, -0.2) is 0 Å². The lowest BCUT2D eigenvalue weighted by Gasteiger charge is -2.06. The van der Waals surface area contributed by atoms with E-state index in [1.807, 2.05) is 6.21 Å². The van der Waals surface area contributed by atoms with Crippen LogP contribution in [0.1, 0.15) is 13.8 Å². The molecule has 0 aromatic rings. The molecule has 1 heterocycles. The fourth-order valence-corrected chi connectivity index (χ4v) is 0.633. The molecule has 0 saturated heterocycles. The molecule has 0 aromatic heterocycles. The number of rotatable bonds is 1. The summed E-state index contributed by atoms with van der Waals surface area (Å²) in [6.07, 6.45) is 1.96. The molecule has 0 atom stereocenters. The van der Waals surface area contributed by atoms with Gasteiger partial charge in [-0.1, -0.05) is 6.92 Å². The molecule has 0 amide bonds. The van der Waals surface area contributed by atoms with Crippen LogP contribution in [0.5, 0.6) is 0 Å². The fourth-order valence-electron chi connectivity index (χ4n) is 0.633. The third kappa shape index (κ3) is 6.99. The number of aliphatic carboxylic acids is 1. The summed E-state index contributed by atoms with van der Waals surface area (Å²) in [7, 11) is 0. The summed E-state index contributed by atoms with van der Waals surface area (Å²) in [6, 6.07) is 0. The van der Waals surface area contributed by atoms with Crippen molar-refractivity contribution < 1.29 is 9.90 Å². The first kappa shape index (κ1) is 10.1. The molecule has 1 N–H and O–H groups in total. The minimum atomic E-state index is -0.833. The van der Waals surface area contributed by atoms with Gasteiger partial charge < -0.3 is 5.11 Å². The van der Waals surface area contributed by atoms with E-state index in [9.17, 15) is 0 Å². The van der Waals surface area contributed by atoms with Crippen LogP contribution in [0.3, 0.4) is 0 Å². The highest BCUT2D eigenvalue weighted by atomic mass is 16.4. The van der Waals surface area contributed by atoms with Crippen LogP contribution in [0, 0.1) is 0 Å². The Bertz CT molecular complexity index is 133. The summed E-state index contributed by atoms with van der Waals surface area (Å²) in [5.74, 6) is -0.833. The van der Waals surface area contributed by atoms with Crippen molar-refractivity contribution >= 4 is 12.2 Å². The Balaban J connectivity index is 0.000000218. The van der Waals surface area contributed by atoms with Gasteiger partial charge in [-0.2, -0.15) is 0 Å². The first-order chi connectivity index (χ1) is 5.16. The molecule has 4 heteroatoms. The monoisotopic (exact) mass is 158 g/mol. The molecular weight excluding hydrogens is 144 g/mol. The van der Waals surface area contributed by atoms with Crippen molar-refractivity contribution in [1.82, 2.24) is 4.90 Å². The Hall–Kier alpha value is -0.900. The molecule has 0 radical (unpaired) electrons. The van der Waals surface area contributed by atoms with E-state index in [0.717, 1.165) is 26.7 Å². The van der Waals surface area contributed by atoms with Crippen LogP contribution in [0.15, 0.2) is 4.99 Å². The average molecular weight is 158 g/mol. The molecule has 11 heavy (non-hydrogen) atoms. The van der Waals surface area contributed by atoms with Gasteiger partial charge in [0, 0.05) is 19.7 Å². The molecule has 1 aliphatic heterocycles. The summed E-state index contributed by atoms with van der Waals surface area (Å²) in [6.45, 7) is 6.32. The number of carbonyl (C=O) groups is 1. The normalized spacial score (nSPS) is 15.8. The fraction of sp³-hybridized carbons (Fsp3) is 0.714. The zero-order chi connectivity index (χ0) is 8.69. The Morgan fingerprint density at radius 2 is 2.36 bits per heavy atom. The number of carboxylic acid groups (broad SMARTS) is 1. The Morgan fingerprint density at radius 3 is 2.55 bits per heavy atom. The molecule has 64 valence electrons. The lowest BCUT2D eigenvalue weighted by atomic mass is 10.6. The summed E-state index contributed by atoms with van der Waals surface area (Å²) >= 11 is 0. The second kappa shape index (κ2) is 5.85. The maximum atomic E-state index is 9.00. The van der Waals surface area contributed by atoms with Gasteiger partial charge in [0.1, 0.15) is 0 Å². The van der Waals surface area contributed by atoms with Crippen LogP contribution < -0.4 is 0 Å². The molecule has 4 nitrogen and oxygen atoms in total. The smallest absolute Gasteiger partial charge is 0.300 e. The number of hydrogen-bond donors (Lipinski definition) is 1. The van der Waals surface area contributed by atoms with Crippen molar-refractivity contribution in [3.8, 4) is 0 Å². The van der Waals surface area contributed by atoms with E-state index in [2.05, 4.69) is 16.8 Å². The van der Waals surface area contributed by atoms with Crippen LogP contribution in [-0.4, -0.2) is 41.9 Å². The lowest BCUT2D eigenvalue weighted by molar-refractivity contribution is -0.134. The summed E-state index contributed by atoms with van der Waals surface area (Å²) in [5, 5.41) is 7.42. The first-order valence-electron chi connectivity index (χ1n) is 3.57. The lowest BCUT2D eigenvalue weighted by Crippen LogP contribution is -2.19. The van der Waals surface area contributed by atoms with Gasteiger partial charge in [0.2, 0.25) is 0 Å². The van der Waals surface area contributed by atoms with Crippen molar-refractivity contribution in [2.75, 3.05) is 19.8 Å². The molecular formula is C7H14N2O2. The van der Waals surface area contributed by atoms with E-state index in [4.69, 9.17) is 9.90 Å². The van der Waals surface area contributed by atoms with Gasteiger partial charge in [0.15, 0.2) is 0 Å². The van der Waals surface area contributed by atoms with Crippen molar-refractivity contribution in [3.05, 3.63) is 0 Å². The van der Waals surface area contributed by atoms with E-state index >= 15 is 0 Å². The molecule has 0 fully saturated rings. The highest BCUT2D eigenvalue weighted by molar-refractivity contribution is 5.63. The Morgan fingerprint density at radius 1 is 1.82 bits per heavy atom. The largest absolute Gasteiger partial charge is 0.481 e. The van der Waals surface area contributed by atoms with Gasteiger partial charge in [0.25, 0.3) is 5.97 Å². The van der Waals surface area contributed by atoms with Gasteiger partial charge in [0.05, 0.1) is 6.67 Å². The Kier molecular flexibility index (Phi) is 5.37. The van der Waals surface area contributed by atoms with E-state index in [1.54, 1.807) is 0 Å².